The molecule has 1 aliphatic rings. The minimum atomic E-state index is -0.496. The first-order valence-electron chi connectivity index (χ1n) is 11.5. The summed E-state index contributed by atoms with van der Waals surface area (Å²) in [5.74, 6) is -0.272. The highest BCUT2D eigenvalue weighted by Gasteiger charge is 2.42. The molecule has 35 heavy (non-hydrogen) atoms. The van der Waals surface area contributed by atoms with Gasteiger partial charge in [0.2, 0.25) is 5.91 Å². The van der Waals surface area contributed by atoms with Gasteiger partial charge >= 0.3 is 0 Å². The molecule has 3 aromatic carbocycles. The molecular weight excluding hydrogens is 447 g/mol. The van der Waals surface area contributed by atoms with Crippen molar-refractivity contribution in [3.63, 3.8) is 0 Å². The van der Waals surface area contributed by atoms with E-state index in [2.05, 4.69) is 5.32 Å². The highest BCUT2D eigenvalue weighted by molar-refractivity contribution is 5.96. The third kappa shape index (κ3) is 5.14. The number of amides is 2. The molecule has 2 atom stereocenters. The zero-order valence-electron chi connectivity index (χ0n) is 20.1. The molecule has 1 aliphatic heterocycles. The largest absolute Gasteiger partial charge is 0.493 e. The van der Waals surface area contributed by atoms with Gasteiger partial charge in [0.1, 0.15) is 5.82 Å². The topological polar surface area (TPSA) is 67.9 Å². The lowest BCUT2D eigenvalue weighted by molar-refractivity contribution is -0.125. The van der Waals surface area contributed by atoms with Crippen LogP contribution >= 0.6 is 0 Å². The lowest BCUT2D eigenvalue weighted by Crippen LogP contribution is -2.35. The van der Waals surface area contributed by atoms with Gasteiger partial charge in [-0.1, -0.05) is 42.5 Å². The molecule has 0 bridgehead atoms. The van der Waals surface area contributed by atoms with Gasteiger partial charge in [-0.2, -0.15) is 0 Å². The maximum Gasteiger partial charge on any atom is 0.254 e. The molecule has 1 fully saturated rings. The number of carbonyl (C=O) groups is 2. The summed E-state index contributed by atoms with van der Waals surface area (Å²) < 4.78 is 24.4. The highest BCUT2D eigenvalue weighted by atomic mass is 19.1. The molecule has 0 radical (unpaired) electrons. The van der Waals surface area contributed by atoms with Gasteiger partial charge < -0.3 is 19.7 Å². The molecule has 7 heteroatoms. The fourth-order valence-electron chi connectivity index (χ4n) is 4.66. The molecule has 182 valence electrons. The first-order valence-corrected chi connectivity index (χ1v) is 11.5. The molecule has 1 saturated heterocycles. The summed E-state index contributed by atoms with van der Waals surface area (Å²) in [6, 6.07) is 19.0. The molecule has 0 spiro atoms. The van der Waals surface area contributed by atoms with E-state index >= 15 is 0 Å². The van der Waals surface area contributed by atoms with Crippen LogP contribution in [0.4, 0.5) is 4.39 Å². The maximum atomic E-state index is 13.4. The van der Waals surface area contributed by atoms with Crippen molar-refractivity contribution in [1.82, 2.24) is 10.2 Å². The number of hydrogen-bond donors (Lipinski definition) is 1. The Hall–Kier alpha value is -3.87. The molecular formula is C28H29FN2O4. The van der Waals surface area contributed by atoms with Crippen LogP contribution in [0.3, 0.4) is 0 Å². The fraction of sp³-hybridized carbons (Fsp3) is 0.286. The number of hydrogen-bond acceptors (Lipinski definition) is 4. The maximum absolute atomic E-state index is 13.4. The van der Waals surface area contributed by atoms with Gasteiger partial charge in [0.05, 0.1) is 20.1 Å². The highest BCUT2D eigenvalue weighted by Crippen LogP contribution is 2.42. The predicted molar refractivity (Wildman–Crippen MR) is 131 cm³/mol. The zero-order valence-corrected chi connectivity index (χ0v) is 20.1. The van der Waals surface area contributed by atoms with Crippen LogP contribution < -0.4 is 14.8 Å². The first kappa shape index (κ1) is 24.3. The minimum absolute atomic E-state index is 0.108. The second-order valence-corrected chi connectivity index (χ2v) is 8.67. The SMILES string of the molecule is COc1cccc([C@@H]2CN(C(=O)c3ccccc3C)C[C@@H]2C(=O)NCc2ccc(F)cc2)c1OC. The van der Waals surface area contributed by atoms with Crippen molar-refractivity contribution < 1.29 is 23.5 Å². The number of ether oxygens (including phenoxy) is 2. The third-order valence-corrected chi connectivity index (χ3v) is 6.53. The lowest BCUT2D eigenvalue weighted by atomic mass is 9.87. The standard InChI is InChI=1S/C28H29FN2O4/c1-18-7-4-5-8-21(18)28(33)31-16-23(22-9-6-10-25(34-2)26(22)35-3)24(17-31)27(32)30-15-19-11-13-20(29)14-12-19/h4-14,23-24H,15-17H2,1-3H3,(H,30,32)/t23-,24-/m0/s1. The average Bonchev–Trinajstić information content (AvgIpc) is 3.33. The van der Waals surface area contributed by atoms with Gasteiger partial charge in [0.25, 0.3) is 5.91 Å². The Kier molecular flexibility index (Phi) is 7.34. The smallest absolute Gasteiger partial charge is 0.254 e. The quantitative estimate of drug-likeness (QED) is 0.552. The molecule has 6 nitrogen and oxygen atoms in total. The normalized spacial score (nSPS) is 17.2. The number of nitrogens with zero attached hydrogens (tertiary/aromatic N) is 1. The Bertz CT molecular complexity index is 1210. The average molecular weight is 477 g/mol. The van der Waals surface area contributed by atoms with E-state index in [1.54, 1.807) is 43.4 Å². The van der Waals surface area contributed by atoms with Gasteiger partial charge in [0, 0.05) is 36.7 Å². The van der Waals surface area contributed by atoms with E-state index in [0.717, 1.165) is 16.7 Å². The molecule has 4 rings (SSSR count). The summed E-state index contributed by atoms with van der Waals surface area (Å²) in [5, 5.41) is 2.97. The summed E-state index contributed by atoms with van der Waals surface area (Å²) in [4.78, 5) is 28.5. The molecule has 0 unspecified atom stereocenters. The van der Waals surface area contributed by atoms with Gasteiger partial charge in [-0.3, -0.25) is 9.59 Å². The fourth-order valence-corrected chi connectivity index (χ4v) is 4.66. The molecule has 0 aromatic heterocycles. The van der Waals surface area contributed by atoms with Crippen molar-refractivity contribution >= 4 is 11.8 Å². The van der Waals surface area contributed by atoms with E-state index in [4.69, 9.17) is 9.47 Å². The van der Waals surface area contributed by atoms with E-state index in [9.17, 15) is 14.0 Å². The van der Waals surface area contributed by atoms with Crippen molar-refractivity contribution in [3.05, 3.63) is 94.8 Å². The van der Waals surface area contributed by atoms with E-state index in [-0.39, 0.29) is 36.6 Å². The molecule has 0 aliphatic carbocycles. The molecule has 1 N–H and O–H groups in total. The Morgan fingerprint density at radius 3 is 2.40 bits per heavy atom. The van der Waals surface area contributed by atoms with E-state index < -0.39 is 5.92 Å². The Morgan fingerprint density at radius 2 is 1.71 bits per heavy atom. The number of carbonyl (C=O) groups excluding carboxylic acids is 2. The number of halogens is 1. The molecule has 3 aromatic rings. The van der Waals surface area contributed by atoms with Gasteiger partial charge in [0.15, 0.2) is 11.5 Å². The van der Waals surface area contributed by atoms with Crippen molar-refractivity contribution in [2.75, 3.05) is 27.3 Å². The second-order valence-electron chi connectivity index (χ2n) is 8.67. The van der Waals surface area contributed by atoms with Gasteiger partial charge in [-0.05, 0) is 42.3 Å². The number of para-hydroxylation sites is 1. The first-order chi connectivity index (χ1) is 16.9. The molecule has 1 heterocycles. The number of nitrogens with one attached hydrogen (secondary N) is 1. The van der Waals surface area contributed by atoms with Crippen molar-refractivity contribution in [1.29, 1.82) is 0 Å². The molecule has 2 amide bonds. The van der Waals surface area contributed by atoms with Gasteiger partial charge in [-0.15, -0.1) is 0 Å². The van der Waals surface area contributed by atoms with Crippen LogP contribution in [-0.4, -0.2) is 44.0 Å². The van der Waals surface area contributed by atoms with E-state index in [1.165, 1.54) is 12.1 Å². The lowest BCUT2D eigenvalue weighted by Gasteiger charge is -2.21. The number of benzene rings is 3. The number of methoxy groups -OCH3 is 2. The summed E-state index contributed by atoms with van der Waals surface area (Å²) in [5.41, 5.74) is 3.11. The van der Waals surface area contributed by atoms with Crippen molar-refractivity contribution in [2.24, 2.45) is 5.92 Å². The number of likely N-dealkylation sites (tertiary alicyclic amines) is 1. The zero-order chi connectivity index (χ0) is 24.9. The predicted octanol–water partition coefficient (Wildman–Crippen LogP) is 4.32. The number of rotatable bonds is 7. The summed E-state index contributed by atoms with van der Waals surface area (Å²) in [6.07, 6.45) is 0. The minimum Gasteiger partial charge on any atom is -0.493 e. The number of aryl methyl sites for hydroxylation is 1. The summed E-state index contributed by atoms with van der Waals surface area (Å²) in [7, 11) is 3.13. The van der Waals surface area contributed by atoms with E-state index in [1.807, 2.05) is 37.3 Å². The molecule has 0 saturated carbocycles. The third-order valence-electron chi connectivity index (χ3n) is 6.53. The van der Waals surface area contributed by atoms with Crippen molar-refractivity contribution in [3.8, 4) is 11.5 Å². The summed E-state index contributed by atoms with van der Waals surface area (Å²) in [6.45, 7) is 2.81. The Balaban J connectivity index is 1.63. The van der Waals surface area contributed by atoms with Crippen LogP contribution in [0.1, 0.15) is 33.0 Å². The monoisotopic (exact) mass is 476 g/mol. The van der Waals surface area contributed by atoms with Gasteiger partial charge in [-0.25, -0.2) is 4.39 Å². The van der Waals surface area contributed by atoms with Crippen LogP contribution in [0.2, 0.25) is 0 Å². The van der Waals surface area contributed by atoms with Crippen LogP contribution in [0, 0.1) is 18.7 Å². The van der Waals surface area contributed by atoms with Crippen LogP contribution in [0.25, 0.3) is 0 Å². The van der Waals surface area contributed by atoms with Crippen LogP contribution in [0.15, 0.2) is 66.7 Å². The van der Waals surface area contributed by atoms with Crippen LogP contribution in [0.5, 0.6) is 11.5 Å². The second kappa shape index (κ2) is 10.6. The van der Waals surface area contributed by atoms with Crippen LogP contribution in [-0.2, 0) is 11.3 Å². The van der Waals surface area contributed by atoms with E-state index in [0.29, 0.717) is 23.6 Å². The summed E-state index contributed by atoms with van der Waals surface area (Å²) >= 11 is 0. The Morgan fingerprint density at radius 1 is 0.971 bits per heavy atom. The Labute approximate surface area is 204 Å². The van der Waals surface area contributed by atoms with Crippen molar-refractivity contribution in [2.45, 2.75) is 19.4 Å².